The van der Waals surface area contributed by atoms with Gasteiger partial charge in [0.05, 0.1) is 22.5 Å². The third-order valence-electron chi connectivity index (χ3n) is 8.01. The lowest BCUT2D eigenvalue weighted by molar-refractivity contribution is -0.138. The number of halogens is 6. The first-order valence-electron chi connectivity index (χ1n) is 15.5. The predicted molar refractivity (Wildman–Crippen MR) is 182 cm³/mol. The van der Waals surface area contributed by atoms with Crippen LogP contribution in [0.3, 0.4) is 0 Å². The number of anilines is 3. The van der Waals surface area contributed by atoms with Crippen molar-refractivity contribution in [2.75, 3.05) is 4.90 Å². The Hall–Kier alpha value is -6.43. The van der Waals surface area contributed by atoms with Crippen molar-refractivity contribution in [3.05, 3.63) is 157 Å². The first-order chi connectivity index (χ1) is 24.6. The first kappa shape index (κ1) is 33.1. The number of nitrogens with zero attached hydrogens (tertiary/aromatic N) is 6. The van der Waals surface area contributed by atoms with Gasteiger partial charge >= 0.3 is 12.4 Å². The fourth-order valence-electron chi connectivity index (χ4n) is 5.64. The lowest BCUT2D eigenvalue weighted by Gasteiger charge is -2.25. The summed E-state index contributed by atoms with van der Waals surface area (Å²) in [5, 5.41) is 0. The van der Waals surface area contributed by atoms with E-state index in [0.717, 1.165) is 24.3 Å². The number of alkyl halides is 6. The average molecular weight is 691 g/mol. The van der Waals surface area contributed by atoms with Crippen LogP contribution in [0.15, 0.2) is 146 Å². The van der Waals surface area contributed by atoms with E-state index in [1.54, 1.807) is 115 Å². The number of hydrogen-bond acceptors (Lipinski definition) is 6. The minimum absolute atomic E-state index is 0.213. The van der Waals surface area contributed by atoms with Crippen LogP contribution in [-0.2, 0) is 12.4 Å². The van der Waals surface area contributed by atoms with Gasteiger partial charge in [-0.1, -0.05) is 30.3 Å². The van der Waals surface area contributed by atoms with Crippen LogP contribution in [0.5, 0.6) is 0 Å². The Kier molecular flexibility index (Phi) is 8.74. The maximum Gasteiger partial charge on any atom is 0.416 e. The molecule has 252 valence electrons. The standard InChI is InChI=1S/C39H24F6N6/c40-38(41,42)29-7-3-5-27(23-29)36-31(25-14-19-46-20-15-25)10-12-34(49-36)51(33-9-1-2-18-48-33)35-13-11-32(26-16-21-47-22-17-26)37(50-35)28-6-4-8-30(24-28)39(43,44)45/h1-24H. The highest BCUT2D eigenvalue weighted by Gasteiger charge is 2.32. The zero-order valence-corrected chi connectivity index (χ0v) is 26.3. The molecule has 0 aliphatic rings. The van der Waals surface area contributed by atoms with Crippen LogP contribution in [-0.4, -0.2) is 24.9 Å². The molecule has 0 spiro atoms. The van der Waals surface area contributed by atoms with Crippen molar-refractivity contribution in [2.45, 2.75) is 12.4 Å². The zero-order chi connectivity index (χ0) is 35.6. The molecule has 0 radical (unpaired) electrons. The van der Waals surface area contributed by atoms with Crippen molar-refractivity contribution in [3.63, 3.8) is 0 Å². The maximum absolute atomic E-state index is 13.9. The van der Waals surface area contributed by atoms with E-state index in [-0.39, 0.29) is 34.2 Å². The monoisotopic (exact) mass is 690 g/mol. The number of aromatic nitrogens is 5. The first-order valence-corrected chi connectivity index (χ1v) is 15.5. The molecule has 7 rings (SSSR count). The number of rotatable bonds is 7. The van der Waals surface area contributed by atoms with Gasteiger partial charge in [0, 0.05) is 53.2 Å². The van der Waals surface area contributed by atoms with E-state index in [2.05, 4.69) is 15.0 Å². The molecule has 5 heterocycles. The predicted octanol–water partition coefficient (Wildman–Crippen LogP) is 10.8. The summed E-state index contributed by atoms with van der Waals surface area (Å²) in [5.74, 6) is 0.854. The normalized spacial score (nSPS) is 11.7. The second kappa shape index (κ2) is 13.5. The third-order valence-corrected chi connectivity index (χ3v) is 8.01. The van der Waals surface area contributed by atoms with E-state index < -0.39 is 23.5 Å². The second-order valence-electron chi connectivity index (χ2n) is 11.3. The van der Waals surface area contributed by atoms with Gasteiger partial charge in [-0.25, -0.2) is 15.0 Å². The Morgan fingerprint density at radius 2 is 0.882 bits per heavy atom. The summed E-state index contributed by atoms with van der Waals surface area (Å²) < 4.78 is 83.2. The summed E-state index contributed by atoms with van der Waals surface area (Å²) in [4.78, 5) is 24.1. The number of pyridine rings is 5. The van der Waals surface area contributed by atoms with Gasteiger partial charge in [0.15, 0.2) is 0 Å². The zero-order valence-electron chi connectivity index (χ0n) is 26.3. The minimum atomic E-state index is -4.59. The van der Waals surface area contributed by atoms with Crippen molar-refractivity contribution < 1.29 is 26.3 Å². The smallest absolute Gasteiger partial charge is 0.265 e. The summed E-state index contributed by atoms with van der Waals surface area (Å²) in [6.07, 6.45) is -1.34. The van der Waals surface area contributed by atoms with Gasteiger partial charge < -0.3 is 0 Å². The number of benzene rings is 2. The van der Waals surface area contributed by atoms with E-state index in [0.29, 0.717) is 28.1 Å². The Labute approximate surface area is 287 Å². The fraction of sp³-hybridized carbons (Fsp3) is 0.0513. The molecule has 0 amide bonds. The highest BCUT2D eigenvalue weighted by Crippen LogP contribution is 2.41. The van der Waals surface area contributed by atoms with Crippen LogP contribution in [0.2, 0.25) is 0 Å². The summed E-state index contributed by atoms with van der Waals surface area (Å²) in [6.45, 7) is 0. The highest BCUT2D eigenvalue weighted by molar-refractivity contribution is 5.86. The molecular formula is C39H24F6N6. The fourth-order valence-corrected chi connectivity index (χ4v) is 5.64. The van der Waals surface area contributed by atoms with Gasteiger partial charge in [-0.05, 0) is 96.1 Å². The van der Waals surface area contributed by atoms with E-state index >= 15 is 0 Å². The third kappa shape index (κ3) is 7.02. The molecule has 12 heteroatoms. The molecule has 0 bridgehead atoms. The Balaban J connectivity index is 1.46. The quantitative estimate of drug-likeness (QED) is 0.155. The van der Waals surface area contributed by atoms with E-state index in [1.807, 2.05) is 0 Å². The largest absolute Gasteiger partial charge is 0.416 e. The van der Waals surface area contributed by atoms with E-state index in [9.17, 15) is 26.3 Å². The maximum atomic E-state index is 13.9. The molecule has 0 saturated carbocycles. The molecule has 7 aromatic rings. The molecule has 0 aliphatic heterocycles. The Morgan fingerprint density at radius 1 is 0.412 bits per heavy atom. The van der Waals surface area contributed by atoms with Gasteiger partial charge in [-0.2, -0.15) is 26.3 Å². The Bertz CT molecular complexity index is 2150. The number of hydrogen-bond donors (Lipinski definition) is 0. The van der Waals surface area contributed by atoms with Gasteiger partial charge in [0.2, 0.25) is 0 Å². The van der Waals surface area contributed by atoms with Gasteiger partial charge in [0.25, 0.3) is 0 Å². The summed E-state index contributed by atoms with van der Waals surface area (Å²) >= 11 is 0. The second-order valence-corrected chi connectivity index (χ2v) is 11.3. The molecule has 6 nitrogen and oxygen atoms in total. The summed E-state index contributed by atoms with van der Waals surface area (Å²) in [6, 6.07) is 28.7. The van der Waals surface area contributed by atoms with E-state index in [1.165, 1.54) is 12.1 Å². The lowest BCUT2D eigenvalue weighted by atomic mass is 9.98. The molecule has 51 heavy (non-hydrogen) atoms. The topological polar surface area (TPSA) is 67.7 Å². The molecule has 0 fully saturated rings. The minimum Gasteiger partial charge on any atom is -0.265 e. The highest BCUT2D eigenvalue weighted by atomic mass is 19.4. The van der Waals surface area contributed by atoms with Gasteiger partial charge in [-0.15, -0.1) is 0 Å². The summed E-state index contributed by atoms with van der Waals surface area (Å²) in [7, 11) is 0. The van der Waals surface area contributed by atoms with Crippen LogP contribution >= 0.6 is 0 Å². The van der Waals surface area contributed by atoms with Crippen molar-refractivity contribution in [1.82, 2.24) is 24.9 Å². The van der Waals surface area contributed by atoms with Crippen LogP contribution in [0, 0.1) is 0 Å². The molecule has 5 aromatic heterocycles. The van der Waals surface area contributed by atoms with Crippen molar-refractivity contribution >= 4 is 17.5 Å². The Morgan fingerprint density at radius 3 is 1.29 bits per heavy atom. The molecule has 0 atom stereocenters. The van der Waals surface area contributed by atoms with E-state index in [4.69, 9.17) is 9.97 Å². The lowest BCUT2D eigenvalue weighted by Crippen LogP contribution is -2.15. The van der Waals surface area contributed by atoms with Gasteiger partial charge in [0.1, 0.15) is 17.5 Å². The molecular weight excluding hydrogens is 666 g/mol. The van der Waals surface area contributed by atoms with Crippen molar-refractivity contribution in [2.24, 2.45) is 0 Å². The molecule has 2 aromatic carbocycles. The van der Waals surface area contributed by atoms with Crippen LogP contribution in [0.25, 0.3) is 44.8 Å². The van der Waals surface area contributed by atoms with Crippen LogP contribution in [0.1, 0.15) is 11.1 Å². The molecule has 0 N–H and O–H groups in total. The van der Waals surface area contributed by atoms with Crippen molar-refractivity contribution in [1.29, 1.82) is 0 Å². The average Bonchev–Trinajstić information content (AvgIpc) is 3.15. The summed E-state index contributed by atoms with van der Waals surface area (Å²) in [5.41, 5.74) is 1.69. The van der Waals surface area contributed by atoms with Crippen LogP contribution in [0.4, 0.5) is 43.8 Å². The van der Waals surface area contributed by atoms with Gasteiger partial charge in [-0.3, -0.25) is 14.9 Å². The molecule has 0 saturated heterocycles. The van der Waals surface area contributed by atoms with Crippen molar-refractivity contribution in [3.8, 4) is 44.8 Å². The van der Waals surface area contributed by atoms with Crippen LogP contribution < -0.4 is 4.90 Å². The molecule has 0 unspecified atom stereocenters. The molecule has 0 aliphatic carbocycles. The SMILES string of the molecule is FC(F)(F)c1cccc(-c2nc(N(c3ccccn3)c3ccc(-c4ccncc4)c(-c4cccc(C(F)(F)F)c4)n3)ccc2-c2ccncc2)c1.